The first-order valence-corrected chi connectivity index (χ1v) is 8.03. The van der Waals surface area contributed by atoms with Crippen LogP contribution in [-0.4, -0.2) is 56.0 Å². The summed E-state index contributed by atoms with van der Waals surface area (Å²) in [6.07, 6.45) is 4.92. The van der Waals surface area contributed by atoms with Crippen molar-refractivity contribution in [1.29, 1.82) is 0 Å². The van der Waals surface area contributed by atoms with Crippen LogP contribution in [0, 0.1) is 0 Å². The van der Waals surface area contributed by atoms with Crippen LogP contribution in [0.4, 0.5) is 0 Å². The first kappa shape index (κ1) is 14.4. The molecule has 0 aromatic rings. The van der Waals surface area contributed by atoms with E-state index in [0.29, 0.717) is 32.6 Å². The number of sulfonamides is 1. The lowest BCUT2D eigenvalue weighted by molar-refractivity contribution is -0.132. The summed E-state index contributed by atoms with van der Waals surface area (Å²) in [5.41, 5.74) is 0. The first-order valence-electron chi connectivity index (χ1n) is 6.18. The number of nitrogens with zero attached hydrogens (tertiary/aromatic N) is 2. The molecule has 1 aliphatic rings. The third kappa shape index (κ3) is 4.63. The summed E-state index contributed by atoms with van der Waals surface area (Å²) in [5, 5.41) is 0. The second-order valence-electron chi connectivity index (χ2n) is 4.50. The summed E-state index contributed by atoms with van der Waals surface area (Å²) < 4.78 is 24.0. The molecule has 1 aliphatic heterocycles. The molecule has 1 saturated heterocycles. The Morgan fingerprint density at radius 1 is 1.12 bits per heavy atom. The number of unbranched alkanes of at least 4 members (excludes halogenated alkanes) is 2. The summed E-state index contributed by atoms with van der Waals surface area (Å²) in [6.45, 7) is 4.02. The molecule has 1 fully saturated rings. The average molecular weight is 262 g/mol. The summed E-state index contributed by atoms with van der Waals surface area (Å²) in [5.74, 6) is 0.159. The highest BCUT2D eigenvalue weighted by Crippen LogP contribution is 2.09. The fourth-order valence-corrected chi connectivity index (χ4v) is 2.78. The molecular formula is C11H22N2O3S. The highest BCUT2D eigenvalue weighted by Gasteiger charge is 2.25. The average Bonchev–Trinajstić information content (AvgIpc) is 2.28. The number of piperazine rings is 1. The summed E-state index contributed by atoms with van der Waals surface area (Å²) in [6, 6.07) is 0. The van der Waals surface area contributed by atoms with Gasteiger partial charge in [-0.25, -0.2) is 8.42 Å². The Morgan fingerprint density at radius 2 is 1.71 bits per heavy atom. The molecule has 1 amide bonds. The number of rotatable bonds is 5. The smallest absolute Gasteiger partial charge is 0.222 e. The van der Waals surface area contributed by atoms with Crippen LogP contribution in [0.3, 0.4) is 0 Å². The van der Waals surface area contributed by atoms with Crippen molar-refractivity contribution in [3.8, 4) is 0 Å². The Bertz CT molecular complexity index is 346. The second kappa shape index (κ2) is 6.35. The molecule has 5 nitrogen and oxygen atoms in total. The maximum atomic E-state index is 11.8. The molecule has 100 valence electrons. The maximum absolute atomic E-state index is 11.8. The van der Waals surface area contributed by atoms with Crippen LogP contribution in [0.25, 0.3) is 0 Å². The molecule has 0 bridgehead atoms. The Morgan fingerprint density at radius 3 is 2.18 bits per heavy atom. The van der Waals surface area contributed by atoms with E-state index in [-0.39, 0.29) is 5.91 Å². The second-order valence-corrected chi connectivity index (χ2v) is 6.48. The lowest BCUT2D eigenvalue weighted by atomic mass is 10.2. The molecular weight excluding hydrogens is 240 g/mol. The minimum absolute atomic E-state index is 0.159. The van der Waals surface area contributed by atoms with Crippen molar-refractivity contribution in [3.63, 3.8) is 0 Å². The van der Waals surface area contributed by atoms with Gasteiger partial charge < -0.3 is 4.90 Å². The molecule has 0 atom stereocenters. The van der Waals surface area contributed by atoms with E-state index in [2.05, 4.69) is 6.92 Å². The van der Waals surface area contributed by atoms with E-state index >= 15 is 0 Å². The van der Waals surface area contributed by atoms with Gasteiger partial charge in [0.2, 0.25) is 15.9 Å². The van der Waals surface area contributed by atoms with E-state index in [1.807, 2.05) is 0 Å². The fraction of sp³-hybridized carbons (Fsp3) is 0.909. The van der Waals surface area contributed by atoms with Crippen LogP contribution in [0.15, 0.2) is 0 Å². The third-order valence-electron chi connectivity index (χ3n) is 3.05. The summed E-state index contributed by atoms with van der Waals surface area (Å²) in [7, 11) is -3.10. The van der Waals surface area contributed by atoms with Gasteiger partial charge in [0.25, 0.3) is 0 Å². The lowest BCUT2D eigenvalue weighted by Gasteiger charge is -2.33. The van der Waals surface area contributed by atoms with Gasteiger partial charge >= 0.3 is 0 Å². The molecule has 6 heteroatoms. The van der Waals surface area contributed by atoms with E-state index in [4.69, 9.17) is 0 Å². The van der Waals surface area contributed by atoms with Gasteiger partial charge in [-0.05, 0) is 6.42 Å². The topological polar surface area (TPSA) is 57.7 Å². The van der Waals surface area contributed by atoms with Crippen LogP contribution >= 0.6 is 0 Å². The van der Waals surface area contributed by atoms with Crippen molar-refractivity contribution in [2.24, 2.45) is 0 Å². The van der Waals surface area contributed by atoms with E-state index < -0.39 is 10.0 Å². The maximum Gasteiger partial charge on any atom is 0.222 e. The minimum Gasteiger partial charge on any atom is -0.340 e. The monoisotopic (exact) mass is 262 g/mol. The molecule has 1 rings (SSSR count). The van der Waals surface area contributed by atoms with E-state index in [9.17, 15) is 13.2 Å². The number of hydrogen-bond acceptors (Lipinski definition) is 3. The van der Waals surface area contributed by atoms with Crippen molar-refractivity contribution < 1.29 is 13.2 Å². The predicted octanol–water partition coefficient (Wildman–Crippen LogP) is 0.671. The lowest BCUT2D eigenvalue weighted by Crippen LogP contribution is -2.50. The van der Waals surface area contributed by atoms with Gasteiger partial charge in [-0.1, -0.05) is 19.8 Å². The van der Waals surface area contributed by atoms with Crippen molar-refractivity contribution in [3.05, 3.63) is 0 Å². The normalized spacial score (nSPS) is 18.4. The first-order chi connectivity index (χ1) is 7.95. The summed E-state index contributed by atoms with van der Waals surface area (Å²) in [4.78, 5) is 13.6. The van der Waals surface area contributed by atoms with Gasteiger partial charge in [-0.15, -0.1) is 0 Å². The van der Waals surface area contributed by atoms with E-state index in [1.54, 1.807) is 4.90 Å². The van der Waals surface area contributed by atoms with Crippen LogP contribution in [0.2, 0.25) is 0 Å². The SMILES string of the molecule is CCCCCC(=O)N1CCN(S(C)(=O)=O)CC1. The minimum atomic E-state index is -3.10. The molecule has 0 aliphatic carbocycles. The zero-order valence-electron chi connectivity index (χ0n) is 10.7. The summed E-state index contributed by atoms with van der Waals surface area (Å²) >= 11 is 0. The largest absolute Gasteiger partial charge is 0.340 e. The van der Waals surface area contributed by atoms with Crippen molar-refractivity contribution in [1.82, 2.24) is 9.21 Å². The molecule has 0 aromatic heterocycles. The van der Waals surface area contributed by atoms with Crippen LogP contribution in [0.5, 0.6) is 0 Å². The van der Waals surface area contributed by atoms with Gasteiger partial charge in [-0.2, -0.15) is 4.31 Å². The number of amides is 1. The number of carbonyl (C=O) groups excluding carboxylic acids is 1. The zero-order valence-corrected chi connectivity index (χ0v) is 11.5. The van der Waals surface area contributed by atoms with Crippen molar-refractivity contribution in [2.45, 2.75) is 32.6 Å². The quantitative estimate of drug-likeness (QED) is 0.684. The van der Waals surface area contributed by atoms with Crippen LogP contribution in [-0.2, 0) is 14.8 Å². The highest BCUT2D eigenvalue weighted by atomic mass is 32.2. The predicted molar refractivity (Wildman–Crippen MR) is 67.1 cm³/mol. The number of hydrogen-bond donors (Lipinski definition) is 0. The Labute approximate surface area is 104 Å². The van der Waals surface area contributed by atoms with E-state index in [0.717, 1.165) is 19.3 Å². The Balaban J connectivity index is 2.34. The molecule has 17 heavy (non-hydrogen) atoms. The van der Waals surface area contributed by atoms with Gasteiger partial charge in [0.1, 0.15) is 0 Å². The molecule has 0 aromatic carbocycles. The molecule has 0 saturated carbocycles. The van der Waals surface area contributed by atoms with Crippen LogP contribution in [0.1, 0.15) is 32.6 Å². The van der Waals surface area contributed by atoms with E-state index in [1.165, 1.54) is 10.6 Å². The van der Waals surface area contributed by atoms with Crippen molar-refractivity contribution >= 4 is 15.9 Å². The Hall–Kier alpha value is -0.620. The molecule has 0 N–H and O–H groups in total. The van der Waals surface area contributed by atoms with Gasteiger partial charge in [0.15, 0.2) is 0 Å². The molecule has 1 heterocycles. The molecule has 0 radical (unpaired) electrons. The number of carbonyl (C=O) groups is 1. The fourth-order valence-electron chi connectivity index (χ4n) is 1.95. The van der Waals surface area contributed by atoms with Gasteiger partial charge in [-0.3, -0.25) is 4.79 Å². The molecule has 0 unspecified atom stereocenters. The standard InChI is InChI=1S/C11H22N2O3S/c1-3-4-5-6-11(14)12-7-9-13(10-8-12)17(2,15)16/h3-10H2,1-2H3. The molecule has 0 spiro atoms. The third-order valence-corrected chi connectivity index (χ3v) is 4.36. The zero-order chi connectivity index (χ0) is 12.9. The van der Waals surface area contributed by atoms with Crippen LogP contribution < -0.4 is 0 Å². The van der Waals surface area contributed by atoms with Crippen molar-refractivity contribution in [2.75, 3.05) is 32.4 Å². The van der Waals surface area contributed by atoms with Gasteiger partial charge in [0, 0.05) is 32.6 Å². The van der Waals surface area contributed by atoms with Gasteiger partial charge in [0.05, 0.1) is 6.26 Å². The highest BCUT2D eigenvalue weighted by molar-refractivity contribution is 7.88. The Kier molecular flexibility index (Phi) is 5.39.